The van der Waals surface area contributed by atoms with E-state index in [2.05, 4.69) is 14.6 Å². The Balaban J connectivity index is 2.30. The first-order valence-corrected chi connectivity index (χ1v) is 7.25. The summed E-state index contributed by atoms with van der Waals surface area (Å²) in [6, 6.07) is 0.432. The Morgan fingerprint density at radius 1 is 1.40 bits per heavy atom. The average molecular weight is 298 g/mol. The van der Waals surface area contributed by atoms with Crippen molar-refractivity contribution in [3.05, 3.63) is 10.6 Å². The Bertz CT molecular complexity index is 510. The maximum atomic E-state index is 11.7. The van der Waals surface area contributed by atoms with Gasteiger partial charge in [0.05, 0.1) is 13.7 Å². The lowest BCUT2D eigenvalue weighted by Gasteiger charge is -2.20. The standard InChI is InChI=1S/C13H18N2O4S/c1-8(16)11-10(12(17)19-3)14-13(20-11)15(6-7-18-2)9-4-5-9/h9H,4-7H2,1-3H3. The highest BCUT2D eigenvalue weighted by atomic mass is 32.1. The molecule has 0 bridgehead atoms. The molecule has 0 aromatic carbocycles. The monoisotopic (exact) mass is 298 g/mol. The molecule has 1 aliphatic carbocycles. The number of carbonyl (C=O) groups is 2. The molecule has 7 heteroatoms. The molecular weight excluding hydrogens is 280 g/mol. The molecule has 1 fully saturated rings. The number of nitrogens with zero attached hydrogens (tertiary/aromatic N) is 2. The van der Waals surface area contributed by atoms with Gasteiger partial charge in [-0.25, -0.2) is 9.78 Å². The lowest BCUT2D eigenvalue weighted by atomic mass is 10.3. The number of hydrogen-bond donors (Lipinski definition) is 0. The highest BCUT2D eigenvalue weighted by Crippen LogP contribution is 2.35. The summed E-state index contributed by atoms with van der Waals surface area (Å²) in [7, 11) is 2.93. The number of methoxy groups -OCH3 is 2. The highest BCUT2D eigenvalue weighted by molar-refractivity contribution is 7.17. The molecule has 1 aromatic rings. The SMILES string of the molecule is COCCN(c1nc(C(=O)OC)c(C(C)=O)s1)C1CC1. The van der Waals surface area contributed by atoms with E-state index >= 15 is 0 Å². The Labute approximate surface area is 121 Å². The van der Waals surface area contributed by atoms with Crippen LogP contribution in [0.1, 0.15) is 39.9 Å². The van der Waals surface area contributed by atoms with E-state index in [0.29, 0.717) is 29.2 Å². The smallest absolute Gasteiger partial charge is 0.358 e. The van der Waals surface area contributed by atoms with Crippen LogP contribution in [0.3, 0.4) is 0 Å². The fourth-order valence-electron chi connectivity index (χ4n) is 1.92. The average Bonchev–Trinajstić information content (AvgIpc) is 3.16. The second-order valence-corrected chi connectivity index (χ2v) is 5.62. The fourth-order valence-corrected chi connectivity index (χ4v) is 2.96. The maximum absolute atomic E-state index is 11.7. The maximum Gasteiger partial charge on any atom is 0.358 e. The minimum absolute atomic E-state index is 0.114. The second-order valence-electron chi connectivity index (χ2n) is 4.64. The zero-order valence-corrected chi connectivity index (χ0v) is 12.7. The van der Waals surface area contributed by atoms with Gasteiger partial charge in [-0.2, -0.15) is 0 Å². The van der Waals surface area contributed by atoms with Crippen LogP contribution in [0.4, 0.5) is 5.13 Å². The van der Waals surface area contributed by atoms with Gasteiger partial charge in [0.1, 0.15) is 4.88 Å². The van der Waals surface area contributed by atoms with E-state index in [1.54, 1.807) is 7.11 Å². The summed E-state index contributed by atoms with van der Waals surface area (Å²) in [5.41, 5.74) is 0.114. The van der Waals surface area contributed by atoms with Crippen LogP contribution < -0.4 is 4.90 Å². The third kappa shape index (κ3) is 3.16. The zero-order valence-electron chi connectivity index (χ0n) is 11.8. The minimum Gasteiger partial charge on any atom is -0.464 e. The van der Waals surface area contributed by atoms with Crippen LogP contribution in [-0.4, -0.2) is 50.1 Å². The number of carbonyl (C=O) groups excluding carboxylic acids is 2. The molecule has 1 aliphatic rings. The molecule has 0 saturated heterocycles. The Morgan fingerprint density at radius 3 is 2.60 bits per heavy atom. The van der Waals surface area contributed by atoms with Crippen molar-refractivity contribution >= 4 is 28.2 Å². The van der Waals surface area contributed by atoms with E-state index in [4.69, 9.17) is 4.74 Å². The third-order valence-electron chi connectivity index (χ3n) is 3.08. The van der Waals surface area contributed by atoms with E-state index in [0.717, 1.165) is 12.8 Å². The minimum atomic E-state index is -0.569. The molecule has 0 spiro atoms. The van der Waals surface area contributed by atoms with Crippen molar-refractivity contribution in [3.8, 4) is 0 Å². The number of anilines is 1. The van der Waals surface area contributed by atoms with Gasteiger partial charge < -0.3 is 14.4 Å². The second kappa shape index (κ2) is 6.32. The van der Waals surface area contributed by atoms with Crippen molar-refractivity contribution in [2.24, 2.45) is 0 Å². The number of Topliss-reactive ketones (excluding diaryl/α,β-unsaturated/α-hetero) is 1. The lowest BCUT2D eigenvalue weighted by molar-refractivity contribution is 0.0591. The number of hydrogen-bond acceptors (Lipinski definition) is 7. The summed E-state index contributed by atoms with van der Waals surface area (Å²) < 4.78 is 9.79. The van der Waals surface area contributed by atoms with Crippen molar-refractivity contribution in [2.75, 3.05) is 32.3 Å². The van der Waals surface area contributed by atoms with Crippen molar-refractivity contribution in [1.29, 1.82) is 0 Å². The molecule has 1 aromatic heterocycles. The summed E-state index contributed by atoms with van der Waals surface area (Å²) in [6.07, 6.45) is 2.21. The van der Waals surface area contributed by atoms with Crippen LogP contribution in [-0.2, 0) is 9.47 Å². The van der Waals surface area contributed by atoms with Crippen LogP contribution in [0.2, 0.25) is 0 Å². The number of ketones is 1. The number of rotatable bonds is 7. The van der Waals surface area contributed by atoms with E-state index in [1.807, 2.05) is 0 Å². The summed E-state index contributed by atoms with van der Waals surface area (Å²) in [5.74, 6) is -0.739. The molecule has 0 N–H and O–H groups in total. The van der Waals surface area contributed by atoms with Crippen LogP contribution >= 0.6 is 11.3 Å². The van der Waals surface area contributed by atoms with Crippen LogP contribution in [0.15, 0.2) is 0 Å². The van der Waals surface area contributed by atoms with Crippen molar-refractivity contribution in [3.63, 3.8) is 0 Å². The van der Waals surface area contributed by atoms with Gasteiger partial charge in [0.2, 0.25) is 0 Å². The van der Waals surface area contributed by atoms with E-state index < -0.39 is 5.97 Å². The van der Waals surface area contributed by atoms with Crippen molar-refractivity contribution in [2.45, 2.75) is 25.8 Å². The zero-order chi connectivity index (χ0) is 14.7. The first-order chi connectivity index (χ1) is 9.58. The van der Waals surface area contributed by atoms with Gasteiger partial charge in [-0.05, 0) is 12.8 Å². The number of aromatic nitrogens is 1. The molecule has 0 amide bonds. The molecule has 0 unspecified atom stereocenters. The largest absolute Gasteiger partial charge is 0.464 e. The molecule has 6 nitrogen and oxygen atoms in total. The van der Waals surface area contributed by atoms with Gasteiger partial charge in [0.25, 0.3) is 0 Å². The van der Waals surface area contributed by atoms with E-state index in [1.165, 1.54) is 25.4 Å². The fraction of sp³-hybridized carbons (Fsp3) is 0.615. The lowest BCUT2D eigenvalue weighted by Crippen LogP contribution is -2.29. The molecule has 1 heterocycles. The van der Waals surface area contributed by atoms with Crippen LogP contribution in [0.5, 0.6) is 0 Å². The summed E-state index contributed by atoms with van der Waals surface area (Å²) >= 11 is 1.25. The Hall–Kier alpha value is -1.47. The van der Waals surface area contributed by atoms with Gasteiger partial charge in [0.15, 0.2) is 16.6 Å². The topological polar surface area (TPSA) is 68.7 Å². The van der Waals surface area contributed by atoms with Crippen molar-refractivity contribution < 1.29 is 19.1 Å². The van der Waals surface area contributed by atoms with Crippen LogP contribution in [0.25, 0.3) is 0 Å². The van der Waals surface area contributed by atoms with E-state index in [-0.39, 0.29) is 11.5 Å². The molecule has 20 heavy (non-hydrogen) atoms. The normalized spacial score (nSPS) is 14.2. The van der Waals surface area contributed by atoms with Crippen LogP contribution in [0, 0.1) is 0 Å². The highest BCUT2D eigenvalue weighted by Gasteiger charge is 2.33. The molecule has 110 valence electrons. The van der Waals surface area contributed by atoms with Gasteiger partial charge in [-0.3, -0.25) is 4.79 Å². The Kier molecular flexibility index (Phi) is 4.72. The van der Waals surface area contributed by atoms with Crippen molar-refractivity contribution in [1.82, 2.24) is 4.98 Å². The molecule has 0 radical (unpaired) electrons. The van der Waals surface area contributed by atoms with E-state index in [9.17, 15) is 9.59 Å². The first kappa shape index (κ1) is 14.9. The van der Waals surface area contributed by atoms with Gasteiger partial charge in [-0.15, -0.1) is 0 Å². The number of ether oxygens (including phenoxy) is 2. The predicted molar refractivity (Wildman–Crippen MR) is 75.7 cm³/mol. The number of thiazole rings is 1. The Morgan fingerprint density at radius 2 is 2.10 bits per heavy atom. The summed E-state index contributed by atoms with van der Waals surface area (Å²) in [6.45, 7) is 2.71. The molecule has 0 atom stereocenters. The molecular formula is C13H18N2O4S. The summed E-state index contributed by atoms with van der Waals surface area (Å²) in [4.78, 5) is 30.1. The van der Waals surface area contributed by atoms with Gasteiger partial charge in [0, 0.05) is 26.6 Å². The summed E-state index contributed by atoms with van der Waals surface area (Å²) in [5, 5.41) is 0.690. The molecule has 0 aliphatic heterocycles. The molecule has 2 rings (SSSR count). The predicted octanol–water partition coefficient (Wildman–Crippen LogP) is 1.75. The van der Waals surface area contributed by atoms with Gasteiger partial charge >= 0.3 is 5.97 Å². The first-order valence-electron chi connectivity index (χ1n) is 6.44. The van der Waals surface area contributed by atoms with Gasteiger partial charge in [-0.1, -0.05) is 11.3 Å². The molecule has 1 saturated carbocycles. The number of esters is 1. The third-order valence-corrected chi connectivity index (χ3v) is 4.28. The quantitative estimate of drug-likeness (QED) is 0.564.